The molecule has 2 N–H and O–H groups in total. The number of benzene rings is 2. The molecule has 2 aromatic carbocycles. The van der Waals surface area contributed by atoms with Crippen molar-refractivity contribution in [1.29, 1.82) is 0 Å². The highest BCUT2D eigenvalue weighted by Gasteiger charge is 2.26. The van der Waals surface area contributed by atoms with E-state index in [1.807, 2.05) is 42.7 Å². The topological polar surface area (TPSA) is 76.8 Å². The van der Waals surface area contributed by atoms with Gasteiger partial charge >= 0.3 is 6.18 Å². The lowest BCUT2D eigenvalue weighted by atomic mass is 10.1. The average molecular weight is 470 g/mol. The van der Waals surface area contributed by atoms with Crippen molar-refractivity contribution < 1.29 is 18.0 Å². The number of aromatic nitrogens is 4. The maximum absolute atomic E-state index is 12.7. The molecule has 0 bridgehead atoms. The lowest BCUT2D eigenvalue weighted by Gasteiger charge is -2.13. The summed E-state index contributed by atoms with van der Waals surface area (Å²) in [6.07, 6.45) is -1.91. The van der Waals surface area contributed by atoms with Crippen LogP contribution in [0.3, 0.4) is 0 Å². The number of nitrogens with one attached hydrogen (secondary N) is 2. The zero-order valence-electron chi connectivity index (χ0n) is 19.1. The van der Waals surface area contributed by atoms with Crippen LogP contribution in [0.2, 0.25) is 0 Å². The SMILES string of the molecule is CCNC(=O)c1ccc(-n2cnc3c(NCCC(F)(F)F)cc(-c4ccnn4C)cc32)cc1C. The van der Waals surface area contributed by atoms with Crippen LogP contribution < -0.4 is 10.6 Å². The fraction of sp³-hybridized carbons (Fsp3) is 0.292. The standard InChI is InChI=1S/C24H25F3N6O/c1-4-28-23(34)18-6-5-17(11-15(18)2)33-14-30-22-19(29-10-8-24(25,26)27)12-16(13-21(22)33)20-7-9-31-32(20)3/h5-7,9,11-14,29H,4,8,10H2,1-3H3,(H,28,34). The Bertz CT molecular complexity index is 1340. The number of aryl methyl sites for hydroxylation is 2. The van der Waals surface area contributed by atoms with Crippen molar-refractivity contribution in [3.63, 3.8) is 0 Å². The Kier molecular flexibility index (Phi) is 6.32. The molecule has 1 amide bonds. The Morgan fingerprint density at radius 3 is 2.59 bits per heavy atom. The molecule has 34 heavy (non-hydrogen) atoms. The first-order valence-electron chi connectivity index (χ1n) is 10.9. The molecule has 0 saturated carbocycles. The number of rotatable bonds is 7. The largest absolute Gasteiger partial charge is 0.390 e. The molecule has 0 aliphatic heterocycles. The van der Waals surface area contributed by atoms with Gasteiger partial charge in [-0.25, -0.2) is 4.98 Å². The maximum Gasteiger partial charge on any atom is 0.390 e. The van der Waals surface area contributed by atoms with Crippen LogP contribution in [0.15, 0.2) is 48.9 Å². The van der Waals surface area contributed by atoms with Gasteiger partial charge in [0.15, 0.2) is 0 Å². The second-order valence-corrected chi connectivity index (χ2v) is 8.00. The third-order valence-corrected chi connectivity index (χ3v) is 5.56. The van der Waals surface area contributed by atoms with Gasteiger partial charge in [0.2, 0.25) is 0 Å². The number of nitrogens with zero attached hydrogens (tertiary/aromatic N) is 4. The van der Waals surface area contributed by atoms with E-state index in [9.17, 15) is 18.0 Å². The molecular formula is C24H25F3N6O. The quantitative estimate of drug-likeness (QED) is 0.405. The molecule has 0 saturated heterocycles. The molecule has 4 rings (SSSR count). The summed E-state index contributed by atoms with van der Waals surface area (Å²) in [4.78, 5) is 16.8. The highest BCUT2D eigenvalue weighted by atomic mass is 19.4. The highest BCUT2D eigenvalue weighted by molar-refractivity contribution is 5.96. The van der Waals surface area contributed by atoms with Crippen LogP contribution in [-0.4, -0.2) is 44.5 Å². The summed E-state index contributed by atoms with van der Waals surface area (Å²) >= 11 is 0. The van der Waals surface area contributed by atoms with E-state index in [4.69, 9.17) is 0 Å². The number of hydrogen-bond acceptors (Lipinski definition) is 4. The molecule has 0 aliphatic rings. The lowest BCUT2D eigenvalue weighted by molar-refractivity contribution is -0.131. The van der Waals surface area contributed by atoms with Gasteiger partial charge in [-0.15, -0.1) is 0 Å². The zero-order valence-corrected chi connectivity index (χ0v) is 19.1. The second kappa shape index (κ2) is 9.20. The van der Waals surface area contributed by atoms with Crippen molar-refractivity contribution in [2.24, 2.45) is 7.05 Å². The summed E-state index contributed by atoms with van der Waals surface area (Å²) in [5, 5.41) is 9.91. The first kappa shape index (κ1) is 23.3. The number of halogens is 3. The van der Waals surface area contributed by atoms with E-state index in [1.165, 1.54) is 0 Å². The smallest absolute Gasteiger partial charge is 0.383 e. The number of amides is 1. The summed E-state index contributed by atoms with van der Waals surface area (Å²) in [5.41, 5.74) is 5.56. The summed E-state index contributed by atoms with van der Waals surface area (Å²) < 4.78 is 41.7. The van der Waals surface area contributed by atoms with E-state index in [2.05, 4.69) is 20.7 Å². The second-order valence-electron chi connectivity index (χ2n) is 8.00. The third kappa shape index (κ3) is 4.75. The van der Waals surface area contributed by atoms with Gasteiger partial charge in [-0.05, 0) is 55.8 Å². The number of carbonyl (C=O) groups is 1. The van der Waals surface area contributed by atoms with Crippen molar-refractivity contribution in [2.75, 3.05) is 18.4 Å². The first-order valence-corrected chi connectivity index (χ1v) is 10.9. The van der Waals surface area contributed by atoms with Gasteiger partial charge in [0, 0.05) is 43.1 Å². The van der Waals surface area contributed by atoms with E-state index >= 15 is 0 Å². The van der Waals surface area contributed by atoms with Crippen LogP contribution in [0.4, 0.5) is 18.9 Å². The Balaban J connectivity index is 1.80. The van der Waals surface area contributed by atoms with Crippen molar-refractivity contribution >= 4 is 22.6 Å². The molecule has 0 fully saturated rings. The van der Waals surface area contributed by atoms with Crippen LogP contribution in [0.1, 0.15) is 29.3 Å². The van der Waals surface area contributed by atoms with Crippen molar-refractivity contribution in [3.05, 3.63) is 60.0 Å². The molecule has 10 heteroatoms. The average Bonchev–Trinajstić information content (AvgIpc) is 3.39. The number of carbonyl (C=O) groups excluding carboxylic acids is 1. The normalized spacial score (nSPS) is 11.7. The summed E-state index contributed by atoms with van der Waals surface area (Å²) in [5.74, 6) is -0.142. The minimum Gasteiger partial charge on any atom is -0.383 e. The Labute approximate surface area is 194 Å². The predicted molar refractivity (Wildman–Crippen MR) is 125 cm³/mol. The highest BCUT2D eigenvalue weighted by Crippen LogP contribution is 2.32. The summed E-state index contributed by atoms with van der Waals surface area (Å²) in [6.45, 7) is 3.99. The Hall–Kier alpha value is -3.82. The van der Waals surface area contributed by atoms with Gasteiger partial charge < -0.3 is 10.6 Å². The summed E-state index contributed by atoms with van der Waals surface area (Å²) in [7, 11) is 1.80. The van der Waals surface area contributed by atoms with Gasteiger partial charge in [-0.3, -0.25) is 14.0 Å². The van der Waals surface area contributed by atoms with Gasteiger partial charge in [0.25, 0.3) is 5.91 Å². The van der Waals surface area contributed by atoms with Crippen LogP contribution in [0.5, 0.6) is 0 Å². The van der Waals surface area contributed by atoms with E-state index in [1.54, 1.807) is 36.4 Å². The van der Waals surface area contributed by atoms with Crippen molar-refractivity contribution in [3.8, 4) is 16.9 Å². The van der Waals surface area contributed by atoms with E-state index < -0.39 is 12.6 Å². The van der Waals surface area contributed by atoms with E-state index in [0.29, 0.717) is 23.3 Å². The van der Waals surface area contributed by atoms with Crippen LogP contribution in [0.25, 0.3) is 28.0 Å². The number of hydrogen-bond donors (Lipinski definition) is 2. The Morgan fingerprint density at radius 1 is 1.15 bits per heavy atom. The minimum absolute atomic E-state index is 0.142. The van der Waals surface area contributed by atoms with Crippen molar-refractivity contribution in [2.45, 2.75) is 26.4 Å². The van der Waals surface area contributed by atoms with Gasteiger partial charge in [0.05, 0.1) is 23.3 Å². The molecule has 178 valence electrons. The fourth-order valence-corrected chi connectivity index (χ4v) is 3.91. The van der Waals surface area contributed by atoms with E-state index in [-0.39, 0.29) is 12.5 Å². The van der Waals surface area contributed by atoms with Crippen molar-refractivity contribution in [1.82, 2.24) is 24.6 Å². The van der Waals surface area contributed by atoms with Crippen LogP contribution in [0, 0.1) is 6.92 Å². The zero-order chi connectivity index (χ0) is 24.5. The molecular weight excluding hydrogens is 445 g/mol. The fourth-order valence-electron chi connectivity index (χ4n) is 3.91. The predicted octanol–water partition coefficient (Wildman–Crippen LogP) is 4.85. The number of fused-ring (bicyclic) bond motifs is 1. The van der Waals surface area contributed by atoms with Crippen LogP contribution in [-0.2, 0) is 7.05 Å². The third-order valence-electron chi connectivity index (χ3n) is 5.56. The number of alkyl halides is 3. The summed E-state index contributed by atoms with van der Waals surface area (Å²) in [6, 6.07) is 11.0. The van der Waals surface area contributed by atoms with Crippen LogP contribution >= 0.6 is 0 Å². The molecule has 7 nitrogen and oxygen atoms in total. The molecule has 0 aliphatic carbocycles. The molecule has 0 radical (unpaired) electrons. The molecule has 2 heterocycles. The monoisotopic (exact) mass is 470 g/mol. The maximum atomic E-state index is 12.7. The number of imidazole rings is 1. The molecule has 4 aromatic rings. The van der Waals surface area contributed by atoms with Gasteiger partial charge in [0.1, 0.15) is 11.8 Å². The first-order chi connectivity index (χ1) is 16.2. The molecule has 0 atom stereocenters. The Morgan fingerprint density at radius 2 is 1.94 bits per heavy atom. The molecule has 0 spiro atoms. The van der Waals surface area contributed by atoms with E-state index in [0.717, 1.165) is 28.0 Å². The number of anilines is 1. The lowest BCUT2D eigenvalue weighted by Crippen LogP contribution is -2.23. The minimum atomic E-state index is -4.26. The molecule has 0 unspecified atom stereocenters. The van der Waals surface area contributed by atoms with Gasteiger partial charge in [-0.2, -0.15) is 18.3 Å². The molecule has 2 aromatic heterocycles. The van der Waals surface area contributed by atoms with Gasteiger partial charge in [-0.1, -0.05) is 0 Å².